The molecule has 5 heteroatoms. The number of anilines is 1. The number of halogens is 3. The van der Waals surface area contributed by atoms with Gasteiger partial charge in [0.25, 0.3) is 6.43 Å². The van der Waals surface area contributed by atoms with Crippen LogP contribution in [0.2, 0.25) is 0 Å². The lowest BCUT2D eigenvalue weighted by molar-refractivity contribution is 0.163. The topological polar surface area (TPSA) is 21.3 Å². The van der Waals surface area contributed by atoms with Crippen molar-refractivity contribution in [3.05, 3.63) is 24.0 Å². The molecule has 1 N–H and O–H groups in total. The monoisotopic (exact) mass is 205 g/mol. The molecule has 0 unspecified atom stereocenters. The van der Waals surface area contributed by atoms with Crippen LogP contribution in [-0.4, -0.2) is 20.1 Å². The average molecular weight is 205 g/mol. The van der Waals surface area contributed by atoms with E-state index in [0.717, 1.165) is 0 Å². The highest BCUT2D eigenvalue weighted by atomic mass is 19.3. The van der Waals surface area contributed by atoms with E-state index in [0.29, 0.717) is 0 Å². The fraction of sp³-hybridized carbons (Fsp3) is 0.333. The first-order valence-electron chi connectivity index (χ1n) is 3.99. The molecule has 0 saturated carbocycles. The first kappa shape index (κ1) is 10.7. The molecule has 0 amide bonds. The number of ether oxygens (including phenoxy) is 1. The van der Waals surface area contributed by atoms with Crippen molar-refractivity contribution in [2.75, 3.05) is 19.0 Å². The van der Waals surface area contributed by atoms with Crippen molar-refractivity contribution < 1.29 is 17.9 Å². The lowest BCUT2D eigenvalue weighted by Gasteiger charge is -2.09. The van der Waals surface area contributed by atoms with Crippen molar-refractivity contribution >= 4 is 5.69 Å². The molecule has 2 nitrogen and oxygen atoms in total. The zero-order chi connectivity index (χ0) is 10.6. The highest BCUT2D eigenvalue weighted by Gasteiger charge is 2.09. The van der Waals surface area contributed by atoms with Gasteiger partial charge in [0.05, 0.1) is 19.3 Å². The van der Waals surface area contributed by atoms with Crippen LogP contribution >= 0.6 is 0 Å². The Balaban J connectivity index is 2.76. The largest absolute Gasteiger partial charge is 0.494 e. The van der Waals surface area contributed by atoms with E-state index in [1.54, 1.807) is 0 Å². The smallest absolute Gasteiger partial charge is 0.255 e. The van der Waals surface area contributed by atoms with Crippen LogP contribution in [0.25, 0.3) is 0 Å². The van der Waals surface area contributed by atoms with Crippen molar-refractivity contribution in [3.63, 3.8) is 0 Å². The van der Waals surface area contributed by atoms with E-state index in [9.17, 15) is 13.2 Å². The predicted octanol–water partition coefficient (Wildman–Crippen LogP) is 2.51. The van der Waals surface area contributed by atoms with Crippen LogP contribution in [0.4, 0.5) is 18.9 Å². The Morgan fingerprint density at radius 3 is 2.71 bits per heavy atom. The van der Waals surface area contributed by atoms with Crippen molar-refractivity contribution in [1.82, 2.24) is 0 Å². The Morgan fingerprint density at radius 2 is 2.14 bits per heavy atom. The Labute approximate surface area is 79.7 Å². The number of nitrogens with one attached hydrogen (secondary N) is 1. The number of hydrogen-bond donors (Lipinski definition) is 1. The van der Waals surface area contributed by atoms with Gasteiger partial charge in [-0.25, -0.2) is 13.2 Å². The standard InChI is InChI=1S/C9H10F3NO/c1-14-7-4-2-3-6(9(7)12)13-5-8(10)11/h2-4,8,13H,5H2,1H3. The maximum Gasteiger partial charge on any atom is 0.255 e. The minimum atomic E-state index is -2.51. The van der Waals surface area contributed by atoms with E-state index in [1.807, 2.05) is 0 Å². The molecule has 1 aromatic rings. The summed E-state index contributed by atoms with van der Waals surface area (Å²) in [5.41, 5.74) is 0.0182. The van der Waals surface area contributed by atoms with Gasteiger partial charge in [-0.05, 0) is 12.1 Å². The van der Waals surface area contributed by atoms with Crippen LogP contribution in [0.15, 0.2) is 18.2 Å². The van der Waals surface area contributed by atoms with E-state index >= 15 is 0 Å². The van der Waals surface area contributed by atoms with Crippen LogP contribution in [0, 0.1) is 5.82 Å². The molecule has 0 aromatic heterocycles. The molecule has 0 aliphatic heterocycles. The van der Waals surface area contributed by atoms with Gasteiger partial charge in [-0.15, -0.1) is 0 Å². The Kier molecular flexibility index (Phi) is 3.62. The van der Waals surface area contributed by atoms with Gasteiger partial charge < -0.3 is 10.1 Å². The van der Waals surface area contributed by atoms with Crippen molar-refractivity contribution in [2.24, 2.45) is 0 Å². The summed E-state index contributed by atoms with van der Waals surface area (Å²) in [6.45, 7) is -0.579. The molecule has 1 rings (SSSR count). The average Bonchev–Trinajstić information content (AvgIpc) is 2.16. The van der Waals surface area contributed by atoms with Crippen LogP contribution in [0.3, 0.4) is 0 Å². The fourth-order valence-corrected chi connectivity index (χ4v) is 0.992. The lowest BCUT2D eigenvalue weighted by atomic mass is 10.3. The molecule has 78 valence electrons. The normalized spacial score (nSPS) is 10.4. The molecule has 1 aromatic carbocycles. The van der Waals surface area contributed by atoms with E-state index in [2.05, 4.69) is 10.1 Å². The molecular weight excluding hydrogens is 195 g/mol. The van der Waals surface area contributed by atoms with Crippen LogP contribution in [-0.2, 0) is 0 Å². The molecule has 0 aliphatic carbocycles. The zero-order valence-electron chi connectivity index (χ0n) is 7.56. The second-order valence-corrected chi connectivity index (χ2v) is 2.59. The minimum absolute atomic E-state index is 0.0182. The third kappa shape index (κ3) is 2.55. The molecule has 0 heterocycles. The van der Waals surface area contributed by atoms with Gasteiger partial charge in [-0.2, -0.15) is 0 Å². The van der Waals surface area contributed by atoms with Gasteiger partial charge in [0.2, 0.25) is 0 Å². The summed E-state index contributed by atoms with van der Waals surface area (Å²) < 4.78 is 41.6. The van der Waals surface area contributed by atoms with E-state index in [-0.39, 0.29) is 11.4 Å². The van der Waals surface area contributed by atoms with Crippen molar-refractivity contribution in [1.29, 1.82) is 0 Å². The van der Waals surface area contributed by atoms with Crippen LogP contribution in [0.1, 0.15) is 0 Å². The number of methoxy groups -OCH3 is 1. The van der Waals surface area contributed by atoms with Gasteiger partial charge in [0, 0.05) is 0 Å². The third-order valence-corrected chi connectivity index (χ3v) is 1.63. The predicted molar refractivity (Wildman–Crippen MR) is 47.4 cm³/mol. The summed E-state index contributed by atoms with van der Waals surface area (Å²) in [5, 5.41) is 2.28. The summed E-state index contributed by atoms with van der Waals surface area (Å²) in [6.07, 6.45) is -2.51. The third-order valence-electron chi connectivity index (χ3n) is 1.63. The van der Waals surface area contributed by atoms with Gasteiger partial charge in [-0.1, -0.05) is 6.07 Å². The Morgan fingerprint density at radius 1 is 1.43 bits per heavy atom. The van der Waals surface area contributed by atoms with E-state index in [1.165, 1.54) is 25.3 Å². The first-order chi connectivity index (χ1) is 6.65. The Bertz CT molecular complexity index is 304. The summed E-state index contributed by atoms with van der Waals surface area (Å²) in [6, 6.07) is 4.32. The SMILES string of the molecule is COc1cccc(NCC(F)F)c1F. The van der Waals surface area contributed by atoms with Crippen molar-refractivity contribution in [2.45, 2.75) is 6.43 Å². The molecule has 0 fully saturated rings. The van der Waals surface area contributed by atoms with E-state index < -0.39 is 18.8 Å². The summed E-state index contributed by atoms with van der Waals surface area (Å²) in [7, 11) is 1.31. The first-order valence-corrected chi connectivity index (χ1v) is 3.99. The quantitative estimate of drug-likeness (QED) is 0.815. The second kappa shape index (κ2) is 4.74. The second-order valence-electron chi connectivity index (χ2n) is 2.59. The minimum Gasteiger partial charge on any atom is -0.494 e. The molecule has 0 atom stereocenters. The molecule has 0 bridgehead atoms. The summed E-state index contributed by atoms with van der Waals surface area (Å²) >= 11 is 0. The molecule has 0 radical (unpaired) electrons. The molecule has 14 heavy (non-hydrogen) atoms. The number of benzene rings is 1. The maximum atomic E-state index is 13.3. The molecule has 0 spiro atoms. The van der Waals surface area contributed by atoms with Crippen LogP contribution in [0.5, 0.6) is 5.75 Å². The van der Waals surface area contributed by atoms with Gasteiger partial charge in [0.1, 0.15) is 0 Å². The highest BCUT2D eigenvalue weighted by molar-refractivity contribution is 5.50. The van der Waals surface area contributed by atoms with Gasteiger partial charge in [0.15, 0.2) is 11.6 Å². The summed E-state index contributed by atoms with van der Waals surface area (Å²) in [4.78, 5) is 0. The molecular formula is C9H10F3NO. The van der Waals surface area contributed by atoms with Gasteiger partial charge in [-0.3, -0.25) is 0 Å². The number of alkyl halides is 2. The zero-order valence-corrected chi connectivity index (χ0v) is 7.56. The Hall–Kier alpha value is -1.39. The number of hydrogen-bond acceptors (Lipinski definition) is 2. The number of rotatable bonds is 4. The fourth-order valence-electron chi connectivity index (χ4n) is 0.992. The van der Waals surface area contributed by atoms with Crippen LogP contribution < -0.4 is 10.1 Å². The summed E-state index contributed by atoms with van der Waals surface area (Å²) in [5.74, 6) is -0.625. The molecule has 0 aliphatic rings. The molecule has 0 saturated heterocycles. The lowest BCUT2D eigenvalue weighted by Crippen LogP contribution is -2.11. The maximum absolute atomic E-state index is 13.3. The highest BCUT2D eigenvalue weighted by Crippen LogP contribution is 2.23. The van der Waals surface area contributed by atoms with Crippen molar-refractivity contribution in [3.8, 4) is 5.75 Å². The van der Waals surface area contributed by atoms with E-state index in [4.69, 9.17) is 0 Å². The van der Waals surface area contributed by atoms with Gasteiger partial charge >= 0.3 is 0 Å².